The van der Waals surface area contributed by atoms with E-state index in [0.717, 1.165) is 24.1 Å². The highest BCUT2D eigenvalue weighted by Crippen LogP contribution is 2.29. The molecule has 0 spiro atoms. The molecule has 1 aliphatic rings. The molecule has 0 bridgehead atoms. The molecule has 1 aromatic rings. The van der Waals surface area contributed by atoms with E-state index in [1.165, 1.54) is 6.07 Å². The van der Waals surface area contributed by atoms with E-state index in [0.29, 0.717) is 6.61 Å². The standard InChI is InChI=1S/C12H16FNO/c1-14(2)8-11-12-9(6-7-15-11)4-3-5-10(12)13/h3-5,11H,6-8H2,1-2H3/t11-/m0/s1. The van der Waals surface area contributed by atoms with Gasteiger partial charge in [0.05, 0.1) is 12.7 Å². The Morgan fingerprint density at radius 3 is 3.00 bits per heavy atom. The number of ether oxygens (including phenoxy) is 1. The molecule has 0 saturated heterocycles. The molecular formula is C12H16FNO. The van der Waals surface area contributed by atoms with Gasteiger partial charge in [0.2, 0.25) is 0 Å². The van der Waals surface area contributed by atoms with E-state index < -0.39 is 0 Å². The third kappa shape index (κ3) is 2.19. The molecule has 15 heavy (non-hydrogen) atoms. The normalized spacial score (nSPS) is 20.4. The summed E-state index contributed by atoms with van der Waals surface area (Å²) in [5, 5.41) is 0. The minimum Gasteiger partial charge on any atom is -0.372 e. The van der Waals surface area contributed by atoms with Gasteiger partial charge in [-0.25, -0.2) is 4.39 Å². The van der Waals surface area contributed by atoms with Crippen LogP contribution in [0.4, 0.5) is 4.39 Å². The number of likely N-dealkylation sites (N-methyl/N-ethyl adjacent to an activating group) is 1. The van der Waals surface area contributed by atoms with Crippen LogP contribution in [0.25, 0.3) is 0 Å². The van der Waals surface area contributed by atoms with Crippen LogP contribution < -0.4 is 0 Å². The van der Waals surface area contributed by atoms with Crippen LogP contribution in [0.5, 0.6) is 0 Å². The van der Waals surface area contributed by atoms with Crippen LogP contribution in [0.3, 0.4) is 0 Å². The van der Waals surface area contributed by atoms with Crippen LogP contribution in [0, 0.1) is 5.82 Å². The molecule has 0 unspecified atom stereocenters. The summed E-state index contributed by atoms with van der Waals surface area (Å²) >= 11 is 0. The minimum absolute atomic E-state index is 0.120. The third-order valence-electron chi connectivity index (χ3n) is 2.69. The van der Waals surface area contributed by atoms with Crippen LogP contribution in [0.2, 0.25) is 0 Å². The van der Waals surface area contributed by atoms with E-state index in [-0.39, 0.29) is 11.9 Å². The predicted molar refractivity (Wildman–Crippen MR) is 57.4 cm³/mol. The van der Waals surface area contributed by atoms with Crippen molar-refractivity contribution in [2.24, 2.45) is 0 Å². The number of fused-ring (bicyclic) bond motifs is 1. The Labute approximate surface area is 89.7 Å². The van der Waals surface area contributed by atoms with Gasteiger partial charge in [-0.1, -0.05) is 12.1 Å². The Bertz CT molecular complexity index is 351. The molecule has 1 atom stereocenters. The number of hydrogen-bond acceptors (Lipinski definition) is 2. The summed E-state index contributed by atoms with van der Waals surface area (Å²) in [5.41, 5.74) is 1.84. The Hall–Kier alpha value is -0.930. The quantitative estimate of drug-likeness (QED) is 0.738. The third-order valence-corrected chi connectivity index (χ3v) is 2.69. The molecule has 1 aliphatic heterocycles. The van der Waals surface area contributed by atoms with Crippen molar-refractivity contribution in [3.8, 4) is 0 Å². The molecule has 1 aromatic carbocycles. The van der Waals surface area contributed by atoms with E-state index in [2.05, 4.69) is 0 Å². The lowest BCUT2D eigenvalue weighted by Gasteiger charge is -2.28. The van der Waals surface area contributed by atoms with Gasteiger partial charge in [0.15, 0.2) is 0 Å². The SMILES string of the molecule is CN(C)C[C@@H]1OCCc2cccc(F)c21. The van der Waals surface area contributed by atoms with Crippen LogP contribution in [-0.2, 0) is 11.2 Å². The second kappa shape index (κ2) is 4.29. The van der Waals surface area contributed by atoms with Crippen molar-refractivity contribution in [3.05, 3.63) is 35.1 Å². The van der Waals surface area contributed by atoms with Gasteiger partial charge < -0.3 is 9.64 Å². The molecule has 0 N–H and O–H groups in total. The van der Waals surface area contributed by atoms with Crippen LogP contribution in [0.15, 0.2) is 18.2 Å². The first kappa shape index (κ1) is 10.6. The second-order valence-electron chi connectivity index (χ2n) is 4.18. The summed E-state index contributed by atoms with van der Waals surface area (Å²) in [6.07, 6.45) is 0.696. The highest BCUT2D eigenvalue weighted by Gasteiger charge is 2.24. The molecule has 82 valence electrons. The average molecular weight is 209 g/mol. The molecule has 0 aliphatic carbocycles. The van der Waals surface area contributed by atoms with Crippen molar-refractivity contribution < 1.29 is 9.13 Å². The van der Waals surface area contributed by atoms with Gasteiger partial charge in [0.25, 0.3) is 0 Å². The molecule has 2 rings (SSSR count). The largest absolute Gasteiger partial charge is 0.372 e. The van der Waals surface area contributed by atoms with E-state index in [1.54, 1.807) is 6.07 Å². The van der Waals surface area contributed by atoms with Gasteiger partial charge >= 0.3 is 0 Å². The van der Waals surface area contributed by atoms with Crippen LogP contribution >= 0.6 is 0 Å². The van der Waals surface area contributed by atoms with Gasteiger partial charge in [0, 0.05) is 12.1 Å². The molecule has 2 nitrogen and oxygen atoms in total. The Balaban J connectivity index is 2.32. The Morgan fingerprint density at radius 1 is 1.47 bits per heavy atom. The molecule has 0 saturated carbocycles. The first-order valence-corrected chi connectivity index (χ1v) is 5.22. The number of nitrogens with zero attached hydrogens (tertiary/aromatic N) is 1. The second-order valence-corrected chi connectivity index (χ2v) is 4.18. The lowest BCUT2D eigenvalue weighted by Crippen LogP contribution is -2.27. The van der Waals surface area contributed by atoms with Gasteiger partial charge in [-0.3, -0.25) is 0 Å². The van der Waals surface area contributed by atoms with Crippen molar-refractivity contribution in [2.75, 3.05) is 27.2 Å². The van der Waals surface area contributed by atoms with E-state index in [4.69, 9.17) is 4.74 Å². The average Bonchev–Trinajstić information content (AvgIpc) is 2.17. The van der Waals surface area contributed by atoms with Gasteiger partial charge in [-0.05, 0) is 32.1 Å². The molecule has 0 radical (unpaired) electrons. The molecular weight excluding hydrogens is 193 g/mol. The van der Waals surface area contributed by atoms with Crippen molar-refractivity contribution in [1.82, 2.24) is 4.90 Å². The summed E-state index contributed by atoms with van der Waals surface area (Å²) in [4.78, 5) is 2.02. The van der Waals surface area contributed by atoms with Crippen molar-refractivity contribution in [1.29, 1.82) is 0 Å². The number of hydrogen-bond donors (Lipinski definition) is 0. The highest BCUT2D eigenvalue weighted by atomic mass is 19.1. The first-order chi connectivity index (χ1) is 7.18. The Kier molecular flexibility index (Phi) is 3.03. The maximum Gasteiger partial charge on any atom is 0.129 e. The van der Waals surface area contributed by atoms with Crippen LogP contribution in [0.1, 0.15) is 17.2 Å². The zero-order chi connectivity index (χ0) is 10.8. The number of benzene rings is 1. The summed E-state index contributed by atoms with van der Waals surface area (Å²) in [5.74, 6) is -0.140. The van der Waals surface area contributed by atoms with E-state index in [1.807, 2.05) is 25.1 Å². The number of halogens is 1. The lowest BCUT2D eigenvalue weighted by atomic mass is 9.97. The smallest absolute Gasteiger partial charge is 0.129 e. The van der Waals surface area contributed by atoms with Gasteiger partial charge in [-0.2, -0.15) is 0 Å². The van der Waals surface area contributed by atoms with Gasteiger partial charge in [0.1, 0.15) is 5.82 Å². The summed E-state index contributed by atoms with van der Waals surface area (Å²) in [6.45, 7) is 1.42. The molecule has 1 heterocycles. The fraction of sp³-hybridized carbons (Fsp3) is 0.500. The van der Waals surface area contributed by atoms with Crippen LogP contribution in [-0.4, -0.2) is 32.1 Å². The van der Waals surface area contributed by atoms with E-state index >= 15 is 0 Å². The lowest BCUT2D eigenvalue weighted by molar-refractivity contribution is 0.0228. The fourth-order valence-electron chi connectivity index (χ4n) is 2.03. The summed E-state index contributed by atoms with van der Waals surface area (Å²) in [7, 11) is 3.94. The fourth-order valence-corrected chi connectivity index (χ4v) is 2.03. The Morgan fingerprint density at radius 2 is 2.27 bits per heavy atom. The maximum atomic E-state index is 13.7. The molecule has 0 aromatic heterocycles. The van der Waals surface area contributed by atoms with Crippen molar-refractivity contribution in [3.63, 3.8) is 0 Å². The summed E-state index contributed by atoms with van der Waals surface area (Å²) in [6, 6.07) is 5.27. The monoisotopic (exact) mass is 209 g/mol. The molecule has 3 heteroatoms. The van der Waals surface area contributed by atoms with Crippen molar-refractivity contribution >= 4 is 0 Å². The first-order valence-electron chi connectivity index (χ1n) is 5.22. The maximum absolute atomic E-state index is 13.7. The minimum atomic E-state index is -0.140. The topological polar surface area (TPSA) is 12.5 Å². The zero-order valence-corrected chi connectivity index (χ0v) is 9.16. The molecule has 0 amide bonds. The van der Waals surface area contributed by atoms with Gasteiger partial charge in [-0.15, -0.1) is 0 Å². The zero-order valence-electron chi connectivity index (χ0n) is 9.16. The highest BCUT2D eigenvalue weighted by molar-refractivity contribution is 5.32. The summed E-state index contributed by atoms with van der Waals surface area (Å²) < 4.78 is 19.3. The number of rotatable bonds is 2. The predicted octanol–water partition coefficient (Wildman–Crippen LogP) is 2.00. The van der Waals surface area contributed by atoms with Crippen molar-refractivity contribution in [2.45, 2.75) is 12.5 Å². The van der Waals surface area contributed by atoms with E-state index in [9.17, 15) is 4.39 Å². The molecule has 0 fully saturated rings.